The van der Waals surface area contributed by atoms with Crippen molar-refractivity contribution >= 4 is 5.91 Å². The van der Waals surface area contributed by atoms with Crippen LogP contribution in [-0.4, -0.2) is 31.9 Å². The quantitative estimate of drug-likeness (QED) is 0.727. The molecule has 0 radical (unpaired) electrons. The maximum atomic E-state index is 12.3. The molecule has 0 fully saturated rings. The zero-order valence-corrected chi connectivity index (χ0v) is 11.8. The van der Waals surface area contributed by atoms with Gasteiger partial charge in [0.05, 0.1) is 24.7 Å². The molecule has 4 heterocycles. The minimum atomic E-state index is -0.0929. The van der Waals surface area contributed by atoms with Gasteiger partial charge in [-0.05, 0) is 24.3 Å². The zero-order valence-electron chi connectivity index (χ0n) is 11.8. The molecule has 1 aliphatic heterocycles. The summed E-state index contributed by atoms with van der Waals surface area (Å²) in [4.78, 5) is 22.6. The lowest BCUT2D eigenvalue weighted by Gasteiger charge is -2.28. The molecule has 0 saturated carbocycles. The van der Waals surface area contributed by atoms with Gasteiger partial charge in [0.1, 0.15) is 5.82 Å². The number of carbonyl (C=O) groups excluding carboxylic acids is 1. The summed E-state index contributed by atoms with van der Waals surface area (Å²) in [6.07, 6.45) is 6.90. The van der Waals surface area contributed by atoms with Crippen LogP contribution in [0.15, 0.2) is 53.5 Å². The summed E-state index contributed by atoms with van der Waals surface area (Å²) in [5, 5.41) is 0. The van der Waals surface area contributed by atoms with Gasteiger partial charge in [0, 0.05) is 31.0 Å². The summed E-state index contributed by atoms with van der Waals surface area (Å²) < 4.78 is 7.34. The fraction of sp³-hybridized carbons (Fsp3) is 0.188. The van der Waals surface area contributed by atoms with Crippen LogP contribution in [0, 0.1) is 0 Å². The van der Waals surface area contributed by atoms with E-state index in [-0.39, 0.29) is 5.91 Å². The Bertz CT molecular complexity index is 793. The SMILES string of the molecule is O=C(c1ccco1)N1CCn2c(-c3ccncc3)cnc2C1. The Kier molecular flexibility index (Phi) is 3.00. The van der Waals surface area contributed by atoms with Gasteiger partial charge in [-0.25, -0.2) is 4.98 Å². The molecule has 0 aromatic carbocycles. The third-order valence-electron chi connectivity index (χ3n) is 3.86. The molecule has 0 spiro atoms. The van der Waals surface area contributed by atoms with Crippen LogP contribution >= 0.6 is 0 Å². The Labute approximate surface area is 127 Å². The van der Waals surface area contributed by atoms with E-state index in [0.29, 0.717) is 18.8 Å². The maximum absolute atomic E-state index is 12.3. The van der Waals surface area contributed by atoms with Crippen molar-refractivity contribution in [3.8, 4) is 11.3 Å². The average Bonchev–Trinajstić information content (AvgIpc) is 3.24. The number of pyridine rings is 1. The number of hydrogen-bond donors (Lipinski definition) is 0. The lowest BCUT2D eigenvalue weighted by molar-refractivity contribution is 0.0675. The summed E-state index contributed by atoms with van der Waals surface area (Å²) in [7, 11) is 0. The maximum Gasteiger partial charge on any atom is 0.290 e. The fourth-order valence-corrected chi connectivity index (χ4v) is 2.74. The minimum Gasteiger partial charge on any atom is -0.459 e. The number of rotatable bonds is 2. The molecule has 0 N–H and O–H groups in total. The minimum absolute atomic E-state index is 0.0929. The topological polar surface area (TPSA) is 64.2 Å². The van der Waals surface area contributed by atoms with Crippen molar-refractivity contribution < 1.29 is 9.21 Å². The third kappa shape index (κ3) is 2.09. The first-order valence-corrected chi connectivity index (χ1v) is 7.10. The van der Waals surface area contributed by atoms with Crippen molar-refractivity contribution in [1.82, 2.24) is 19.4 Å². The first kappa shape index (κ1) is 12.8. The van der Waals surface area contributed by atoms with Gasteiger partial charge in [0.15, 0.2) is 5.76 Å². The lowest BCUT2D eigenvalue weighted by Crippen LogP contribution is -2.38. The Hall–Kier alpha value is -2.89. The van der Waals surface area contributed by atoms with E-state index in [9.17, 15) is 4.79 Å². The van der Waals surface area contributed by atoms with Gasteiger partial charge in [-0.1, -0.05) is 0 Å². The predicted molar refractivity (Wildman–Crippen MR) is 78.9 cm³/mol. The summed E-state index contributed by atoms with van der Waals surface area (Å²) in [6.45, 7) is 1.85. The van der Waals surface area contributed by atoms with E-state index in [1.54, 1.807) is 29.4 Å². The second-order valence-corrected chi connectivity index (χ2v) is 5.15. The second-order valence-electron chi connectivity index (χ2n) is 5.15. The average molecular weight is 294 g/mol. The van der Waals surface area contributed by atoms with Crippen molar-refractivity contribution in [1.29, 1.82) is 0 Å². The highest BCUT2D eigenvalue weighted by molar-refractivity contribution is 5.91. The van der Waals surface area contributed by atoms with Crippen LogP contribution in [0.3, 0.4) is 0 Å². The highest BCUT2D eigenvalue weighted by Crippen LogP contribution is 2.24. The van der Waals surface area contributed by atoms with Crippen molar-refractivity contribution in [3.05, 3.63) is 60.7 Å². The molecule has 110 valence electrons. The number of hydrogen-bond acceptors (Lipinski definition) is 4. The molecule has 0 saturated heterocycles. The molecule has 22 heavy (non-hydrogen) atoms. The molecule has 0 atom stereocenters. The van der Waals surface area contributed by atoms with Crippen molar-refractivity contribution in [2.45, 2.75) is 13.1 Å². The van der Waals surface area contributed by atoms with E-state index in [1.807, 2.05) is 18.3 Å². The Morgan fingerprint density at radius 1 is 1.18 bits per heavy atom. The van der Waals surface area contributed by atoms with Gasteiger partial charge in [0.25, 0.3) is 5.91 Å². The van der Waals surface area contributed by atoms with E-state index in [2.05, 4.69) is 14.5 Å². The van der Waals surface area contributed by atoms with Crippen LogP contribution in [0.4, 0.5) is 0 Å². The van der Waals surface area contributed by atoms with E-state index >= 15 is 0 Å². The van der Waals surface area contributed by atoms with Crippen LogP contribution in [0.25, 0.3) is 11.3 Å². The molecular formula is C16H14N4O2. The fourth-order valence-electron chi connectivity index (χ4n) is 2.74. The normalized spacial score (nSPS) is 13.9. The van der Waals surface area contributed by atoms with Gasteiger partial charge >= 0.3 is 0 Å². The number of nitrogens with zero attached hydrogens (tertiary/aromatic N) is 4. The monoisotopic (exact) mass is 294 g/mol. The first-order chi connectivity index (χ1) is 10.8. The van der Waals surface area contributed by atoms with Gasteiger partial charge in [-0.15, -0.1) is 0 Å². The lowest BCUT2D eigenvalue weighted by atomic mass is 10.2. The predicted octanol–water partition coefficient (Wildman–Crippen LogP) is 2.19. The van der Waals surface area contributed by atoms with Gasteiger partial charge in [-0.3, -0.25) is 9.78 Å². The number of fused-ring (bicyclic) bond motifs is 1. The molecule has 0 aliphatic carbocycles. The van der Waals surface area contributed by atoms with E-state index in [1.165, 1.54) is 6.26 Å². The van der Waals surface area contributed by atoms with Crippen molar-refractivity contribution in [2.75, 3.05) is 6.54 Å². The Morgan fingerprint density at radius 2 is 2.05 bits per heavy atom. The molecule has 6 nitrogen and oxygen atoms in total. The first-order valence-electron chi connectivity index (χ1n) is 7.10. The van der Waals surface area contributed by atoms with Crippen LogP contribution in [0.1, 0.15) is 16.4 Å². The van der Waals surface area contributed by atoms with E-state index in [0.717, 1.165) is 23.6 Å². The van der Waals surface area contributed by atoms with Gasteiger partial charge in [0.2, 0.25) is 0 Å². The van der Waals surface area contributed by atoms with Crippen molar-refractivity contribution in [2.24, 2.45) is 0 Å². The summed E-state index contributed by atoms with van der Waals surface area (Å²) in [6, 6.07) is 7.33. The molecule has 0 unspecified atom stereocenters. The highest BCUT2D eigenvalue weighted by Gasteiger charge is 2.25. The molecule has 0 bridgehead atoms. The molecule has 4 rings (SSSR count). The summed E-state index contributed by atoms with van der Waals surface area (Å²) in [5.74, 6) is 1.16. The molecule has 1 amide bonds. The van der Waals surface area contributed by atoms with E-state index < -0.39 is 0 Å². The molecule has 6 heteroatoms. The van der Waals surface area contributed by atoms with Crippen LogP contribution in [0.5, 0.6) is 0 Å². The number of imidazole rings is 1. The summed E-state index contributed by atoms with van der Waals surface area (Å²) in [5.41, 5.74) is 2.14. The molecular weight excluding hydrogens is 280 g/mol. The van der Waals surface area contributed by atoms with Crippen LogP contribution in [0.2, 0.25) is 0 Å². The van der Waals surface area contributed by atoms with Crippen LogP contribution < -0.4 is 0 Å². The Balaban J connectivity index is 1.61. The van der Waals surface area contributed by atoms with Crippen LogP contribution in [-0.2, 0) is 13.1 Å². The van der Waals surface area contributed by atoms with Gasteiger partial charge in [-0.2, -0.15) is 0 Å². The molecule has 3 aromatic heterocycles. The molecule has 3 aromatic rings. The second kappa shape index (κ2) is 5.14. The Morgan fingerprint density at radius 3 is 2.82 bits per heavy atom. The highest BCUT2D eigenvalue weighted by atomic mass is 16.3. The summed E-state index contributed by atoms with van der Waals surface area (Å²) >= 11 is 0. The smallest absolute Gasteiger partial charge is 0.290 e. The number of furan rings is 1. The number of carbonyl (C=O) groups is 1. The van der Waals surface area contributed by atoms with E-state index in [4.69, 9.17) is 4.42 Å². The van der Waals surface area contributed by atoms with Crippen molar-refractivity contribution in [3.63, 3.8) is 0 Å². The standard InChI is InChI=1S/C16H14N4O2/c21-16(14-2-1-9-22-14)19-7-8-20-13(10-18-15(20)11-19)12-3-5-17-6-4-12/h1-6,9-10H,7-8,11H2. The largest absolute Gasteiger partial charge is 0.459 e. The third-order valence-corrected chi connectivity index (χ3v) is 3.86. The number of aromatic nitrogens is 3. The van der Waals surface area contributed by atoms with Gasteiger partial charge < -0.3 is 13.9 Å². The number of amides is 1. The zero-order chi connectivity index (χ0) is 14.9. The molecule has 1 aliphatic rings.